The van der Waals surface area contributed by atoms with E-state index in [4.69, 9.17) is 14.7 Å². The molecule has 138 valence electrons. The largest absolute Gasteiger partial charge is 0.445 e. The Balaban J connectivity index is 2.11. The van der Waals surface area contributed by atoms with Gasteiger partial charge in [0.15, 0.2) is 0 Å². The third kappa shape index (κ3) is 5.90. The lowest BCUT2D eigenvalue weighted by atomic mass is 10.2. The van der Waals surface area contributed by atoms with Gasteiger partial charge in [0, 0.05) is 17.4 Å². The molecule has 0 heterocycles. The number of nitriles is 1. The van der Waals surface area contributed by atoms with Crippen LogP contribution < -0.4 is 15.0 Å². The summed E-state index contributed by atoms with van der Waals surface area (Å²) in [5, 5.41) is 11.5. The predicted molar refractivity (Wildman–Crippen MR) is 102 cm³/mol. The van der Waals surface area contributed by atoms with Gasteiger partial charge in [0.1, 0.15) is 18.9 Å². The van der Waals surface area contributed by atoms with Gasteiger partial charge in [-0.05, 0) is 36.8 Å². The van der Waals surface area contributed by atoms with Crippen LogP contribution in [0.5, 0.6) is 5.75 Å². The van der Waals surface area contributed by atoms with Crippen molar-refractivity contribution in [2.75, 3.05) is 23.4 Å². The lowest BCUT2D eigenvalue weighted by Gasteiger charge is -2.19. The zero-order valence-corrected chi connectivity index (χ0v) is 14.8. The summed E-state index contributed by atoms with van der Waals surface area (Å²) < 4.78 is 10.2. The Morgan fingerprint density at radius 2 is 2.04 bits per heavy atom. The predicted octanol–water partition coefficient (Wildman–Crippen LogP) is 4.26. The Bertz CT molecular complexity index is 874. The van der Waals surface area contributed by atoms with E-state index in [0.717, 1.165) is 5.56 Å². The van der Waals surface area contributed by atoms with E-state index in [1.54, 1.807) is 36.4 Å². The minimum Gasteiger partial charge on any atom is -0.445 e. The van der Waals surface area contributed by atoms with Crippen LogP contribution in [-0.4, -0.2) is 25.3 Å². The van der Waals surface area contributed by atoms with Gasteiger partial charge in [-0.25, -0.2) is 9.59 Å². The summed E-state index contributed by atoms with van der Waals surface area (Å²) in [5.74, 6) is 0.220. The molecule has 0 radical (unpaired) electrons. The van der Waals surface area contributed by atoms with E-state index in [1.165, 1.54) is 17.0 Å². The summed E-state index contributed by atoms with van der Waals surface area (Å²) in [6.45, 7) is 5.27. The Hall–Kier alpha value is -3.79. The van der Waals surface area contributed by atoms with Crippen LogP contribution in [0.2, 0.25) is 0 Å². The van der Waals surface area contributed by atoms with Crippen molar-refractivity contribution < 1.29 is 19.1 Å². The van der Waals surface area contributed by atoms with Crippen LogP contribution in [0.25, 0.3) is 0 Å². The maximum absolute atomic E-state index is 12.5. The van der Waals surface area contributed by atoms with Gasteiger partial charge in [-0.15, -0.1) is 0 Å². The summed E-state index contributed by atoms with van der Waals surface area (Å²) in [6.07, 6.45) is 0.102. The van der Waals surface area contributed by atoms with Gasteiger partial charge in [-0.2, -0.15) is 5.26 Å². The van der Waals surface area contributed by atoms with Crippen molar-refractivity contribution in [1.82, 2.24) is 0 Å². The van der Waals surface area contributed by atoms with Crippen molar-refractivity contribution >= 4 is 23.6 Å². The minimum atomic E-state index is -0.700. The van der Waals surface area contributed by atoms with Gasteiger partial charge >= 0.3 is 12.2 Å². The van der Waals surface area contributed by atoms with Crippen LogP contribution in [0.3, 0.4) is 0 Å². The fourth-order valence-corrected chi connectivity index (χ4v) is 2.21. The average Bonchev–Trinajstić information content (AvgIpc) is 2.64. The zero-order chi connectivity index (χ0) is 19.6. The molecular formula is C20H19N3O4. The highest BCUT2D eigenvalue weighted by molar-refractivity contribution is 5.90. The van der Waals surface area contributed by atoms with Crippen molar-refractivity contribution in [3.8, 4) is 11.8 Å². The molecule has 7 heteroatoms. The number of amides is 2. The van der Waals surface area contributed by atoms with E-state index >= 15 is 0 Å². The van der Waals surface area contributed by atoms with Gasteiger partial charge in [0.05, 0.1) is 6.07 Å². The molecule has 0 bridgehead atoms. The molecule has 0 aromatic heterocycles. The Labute approximate surface area is 157 Å². The molecule has 0 aliphatic rings. The standard InChI is InChI=1S/C20H19N3O4/c1-3-12-26-19(24)22-16-7-5-9-18(14-16)27-20(25)23(11-10-21)17-8-4-6-15(2)13-17/h3-9,13-14H,1,11-12H2,2H3,(H,22,24). The first kappa shape index (κ1) is 19.5. The van der Waals surface area contributed by atoms with E-state index in [2.05, 4.69) is 11.9 Å². The normalized spacial score (nSPS) is 9.63. The molecule has 0 atom stereocenters. The van der Waals surface area contributed by atoms with Crippen LogP contribution in [0.1, 0.15) is 5.56 Å². The maximum Gasteiger partial charge on any atom is 0.420 e. The molecule has 0 aliphatic heterocycles. The highest BCUT2D eigenvalue weighted by Gasteiger charge is 2.18. The Morgan fingerprint density at radius 1 is 1.26 bits per heavy atom. The van der Waals surface area contributed by atoms with Crippen LogP contribution in [-0.2, 0) is 4.74 Å². The van der Waals surface area contributed by atoms with Crippen molar-refractivity contribution in [2.45, 2.75) is 6.92 Å². The summed E-state index contributed by atoms with van der Waals surface area (Å²) in [4.78, 5) is 25.3. The lowest BCUT2D eigenvalue weighted by molar-refractivity contribution is 0.174. The molecule has 0 saturated heterocycles. The maximum atomic E-state index is 12.5. The van der Waals surface area contributed by atoms with Crippen LogP contribution in [0.15, 0.2) is 61.2 Å². The number of carbonyl (C=O) groups excluding carboxylic acids is 2. The summed E-state index contributed by atoms with van der Waals surface area (Å²) >= 11 is 0. The minimum absolute atomic E-state index is 0.0835. The molecule has 0 saturated carbocycles. The molecule has 2 rings (SSSR count). The highest BCUT2D eigenvalue weighted by atomic mass is 16.6. The highest BCUT2D eigenvalue weighted by Crippen LogP contribution is 2.21. The second-order valence-electron chi connectivity index (χ2n) is 5.49. The van der Waals surface area contributed by atoms with E-state index in [-0.39, 0.29) is 18.9 Å². The Kier molecular flexibility index (Phi) is 6.97. The van der Waals surface area contributed by atoms with Gasteiger partial charge in [0.2, 0.25) is 0 Å². The molecule has 1 N–H and O–H groups in total. The molecule has 0 aliphatic carbocycles. The smallest absolute Gasteiger partial charge is 0.420 e. The van der Waals surface area contributed by atoms with Gasteiger partial charge in [-0.1, -0.05) is 30.9 Å². The number of nitrogens with zero attached hydrogens (tertiary/aromatic N) is 2. The second-order valence-corrected chi connectivity index (χ2v) is 5.49. The molecule has 0 unspecified atom stereocenters. The van der Waals surface area contributed by atoms with Gasteiger partial charge in [0.25, 0.3) is 0 Å². The van der Waals surface area contributed by atoms with E-state index < -0.39 is 12.2 Å². The number of carbonyl (C=O) groups is 2. The lowest BCUT2D eigenvalue weighted by Crippen LogP contribution is -2.34. The first-order chi connectivity index (χ1) is 13.0. The zero-order valence-electron chi connectivity index (χ0n) is 14.8. The first-order valence-corrected chi connectivity index (χ1v) is 8.11. The van der Waals surface area contributed by atoms with E-state index in [1.807, 2.05) is 19.1 Å². The molecule has 2 aromatic rings. The summed E-state index contributed by atoms with van der Waals surface area (Å²) in [7, 11) is 0. The van der Waals surface area contributed by atoms with Crippen molar-refractivity contribution in [1.29, 1.82) is 5.26 Å². The molecule has 2 amide bonds. The number of rotatable bonds is 6. The molecular weight excluding hydrogens is 346 g/mol. The van der Waals surface area contributed by atoms with E-state index in [0.29, 0.717) is 11.4 Å². The fourth-order valence-electron chi connectivity index (χ4n) is 2.21. The van der Waals surface area contributed by atoms with Crippen LogP contribution in [0.4, 0.5) is 21.0 Å². The van der Waals surface area contributed by atoms with Gasteiger partial charge < -0.3 is 9.47 Å². The van der Waals surface area contributed by atoms with Crippen molar-refractivity contribution in [2.24, 2.45) is 0 Å². The molecule has 0 fully saturated rings. The average molecular weight is 365 g/mol. The number of aryl methyl sites for hydroxylation is 1. The number of benzene rings is 2. The summed E-state index contributed by atoms with van der Waals surface area (Å²) in [6, 6.07) is 15.4. The molecule has 7 nitrogen and oxygen atoms in total. The number of ether oxygens (including phenoxy) is 2. The third-order valence-electron chi connectivity index (χ3n) is 3.38. The monoisotopic (exact) mass is 365 g/mol. The molecule has 2 aromatic carbocycles. The van der Waals surface area contributed by atoms with Gasteiger partial charge in [-0.3, -0.25) is 10.2 Å². The van der Waals surface area contributed by atoms with Crippen LogP contribution in [0, 0.1) is 18.3 Å². The van der Waals surface area contributed by atoms with E-state index in [9.17, 15) is 9.59 Å². The number of hydrogen-bond donors (Lipinski definition) is 1. The fraction of sp³-hybridized carbons (Fsp3) is 0.150. The first-order valence-electron chi connectivity index (χ1n) is 8.11. The SMILES string of the molecule is C=CCOC(=O)Nc1cccc(OC(=O)N(CC#N)c2cccc(C)c2)c1. The molecule has 0 spiro atoms. The quantitative estimate of drug-likeness (QED) is 0.610. The van der Waals surface area contributed by atoms with Crippen molar-refractivity contribution in [3.63, 3.8) is 0 Å². The number of anilines is 2. The number of hydrogen-bond acceptors (Lipinski definition) is 5. The third-order valence-corrected chi connectivity index (χ3v) is 3.38. The molecule has 27 heavy (non-hydrogen) atoms. The number of nitrogens with one attached hydrogen (secondary N) is 1. The van der Waals surface area contributed by atoms with Crippen molar-refractivity contribution in [3.05, 3.63) is 66.7 Å². The van der Waals surface area contributed by atoms with Crippen LogP contribution >= 0.6 is 0 Å². The summed E-state index contributed by atoms with van der Waals surface area (Å²) in [5.41, 5.74) is 1.91. The second kappa shape index (κ2) is 9.63. The topological polar surface area (TPSA) is 91.7 Å². The Morgan fingerprint density at radius 3 is 2.74 bits per heavy atom.